The summed E-state index contributed by atoms with van der Waals surface area (Å²) >= 11 is 3.27. The topological polar surface area (TPSA) is 85.8 Å². The molecule has 1 amide bonds. The van der Waals surface area contributed by atoms with Gasteiger partial charge in [0.05, 0.1) is 17.6 Å². The molecule has 0 bridgehead atoms. The second-order valence-electron chi connectivity index (χ2n) is 3.45. The van der Waals surface area contributed by atoms with Crippen LogP contribution < -0.4 is 11.1 Å². The Morgan fingerprint density at radius 2 is 2.29 bits per heavy atom. The minimum absolute atomic E-state index is 0.201. The number of hydrogen-bond acceptors (Lipinski definition) is 4. The first-order valence-corrected chi connectivity index (χ1v) is 5.56. The summed E-state index contributed by atoms with van der Waals surface area (Å²) < 4.78 is 2.27. The predicted octanol–water partition coefficient (Wildman–Crippen LogP) is 1.41. The number of nitrogens with two attached hydrogens (primary N) is 1. The van der Waals surface area contributed by atoms with Crippen LogP contribution in [-0.2, 0) is 7.05 Å². The van der Waals surface area contributed by atoms with E-state index in [4.69, 9.17) is 5.73 Å². The van der Waals surface area contributed by atoms with E-state index in [0.717, 1.165) is 4.47 Å². The highest BCUT2D eigenvalue weighted by Crippen LogP contribution is 2.16. The van der Waals surface area contributed by atoms with Gasteiger partial charge in [-0.05, 0) is 22.0 Å². The molecule has 0 saturated heterocycles. The molecule has 0 atom stereocenters. The van der Waals surface area contributed by atoms with E-state index >= 15 is 0 Å². The van der Waals surface area contributed by atoms with E-state index in [9.17, 15) is 4.79 Å². The number of aromatic nitrogens is 3. The molecule has 6 nitrogen and oxygen atoms in total. The van der Waals surface area contributed by atoms with E-state index in [-0.39, 0.29) is 11.6 Å². The van der Waals surface area contributed by atoms with Gasteiger partial charge in [0.15, 0.2) is 5.69 Å². The zero-order chi connectivity index (χ0) is 12.4. The molecular weight excluding hydrogens is 286 g/mol. The maximum Gasteiger partial charge on any atom is 0.278 e. The summed E-state index contributed by atoms with van der Waals surface area (Å²) in [5, 5.41) is 6.64. The van der Waals surface area contributed by atoms with E-state index in [2.05, 4.69) is 31.3 Å². The third kappa shape index (κ3) is 2.62. The SMILES string of the molecule is Cn1cc(N)c(C(=O)Nc2cncc(Br)c2)n1. The number of carbonyl (C=O) groups excluding carboxylic acids is 1. The van der Waals surface area contributed by atoms with Crippen LogP contribution in [0.1, 0.15) is 10.5 Å². The van der Waals surface area contributed by atoms with Crippen LogP contribution in [0, 0.1) is 0 Å². The van der Waals surface area contributed by atoms with Gasteiger partial charge in [-0.25, -0.2) is 0 Å². The van der Waals surface area contributed by atoms with Crippen LogP contribution in [0.4, 0.5) is 11.4 Å². The highest BCUT2D eigenvalue weighted by atomic mass is 79.9. The Morgan fingerprint density at radius 1 is 1.53 bits per heavy atom. The number of halogens is 1. The molecule has 0 saturated carbocycles. The van der Waals surface area contributed by atoms with Crippen LogP contribution in [0.25, 0.3) is 0 Å². The summed E-state index contributed by atoms with van der Waals surface area (Å²) in [5.74, 6) is -0.358. The van der Waals surface area contributed by atoms with Gasteiger partial charge >= 0.3 is 0 Å². The number of amides is 1. The quantitative estimate of drug-likeness (QED) is 0.877. The molecule has 3 N–H and O–H groups in total. The van der Waals surface area contributed by atoms with Gasteiger partial charge in [0, 0.05) is 23.9 Å². The van der Waals surface area contributed by atoms with Crippen molar-refractivity contribution in [2.24, 2.45) is 7.05 Å². The van der Waals surface area contributed by atoms with Crippen molar-refractivity contribution in [2.45, 2.75) is 0 Å². The molecule has 0 aliphatic heterocycles. The normalized spacial score (nSPS) is 10.2. The van der Waals surface area contributed by atoms with Crippen LogP contribution in [0.2, 0.25) is 0 Å². The van der Waals surface area contributed by atoms with Crippen LogP contribution >= 0.6 is 15.9 Å². The Morgan fingerprint density at radius 3 is 2.88 bits per heavy atom. The maximum absolute atomic E-state index is 11.8. The fourth-order valence-electron chi connectivity index (χ4n) is 1.35. The van der Waals surface area contributed by atoms with Crippen LogP contribution in [0.15, 0.2) is 29.1 Å². The van der Waals surface area contributed by atoms with E-state index in [1.54, 1.807) is 31.7 Å². The zero-order valence-corrected chi connectivity index (χ0v) is 10.6. The molecule has 0 fully saturated rings. The average Bonchev–Trinajstić information content (AvgIpc) is 2.58. The van der Waals surface area contributed by atoms with Gasteiger partial charge in [-0.1, -0.05) is 0 Å². The first-order valence-electron chi connectivity index (χ1n) is 4.77. The lowest BCUT2D eigenvalue weighted by atomic mass is 10.3. The Balaban J connectivity index is 2.20. The van der Waals surface area contributed by atoms with Gasteiger partial charge in [0.2, 0.25) is 0 Å². The molecule has 0 spiro atoms. The Labute approximate surface area is 106 Å². The number of nitrogens with one attached hydrogen (secondary N) is 1. The van der Waals surface area contributed by atoms with Crippen molar-refractivity contribution in [1.29, 1.82) is 0 Å². The maximum atomic E-state index is 11.8. The largest absolute Gasteiger partial charge is 0.396 e. The van der Waals surface area contributed by atoms with E-state index in [1.807, 2.05) is 0 Å². The molecule has 0 radical (unpaired) electrons. The number of carbonyl (C=O) groups is 1. The smallest absolute Gasteiger partial charge is 0.278 e. The highest BCUT2D eigenvalue weighted by Gasteiger charge is 2.14. The predicted molar refractivity (Wildman–Crippen MR) is 67.5 cm³/mol. The minimum atomic E-state index is -0.358. The third-order valence-corrected chi connectivity index (χ3v) is 2.47. The molecule has 0 aliphatic rings. The number of nitrogen functional groups attached to an aromatic ring is 1. The number of anilines is 2. The second kappa shape index (κ2) is 4.54. The molecule has 2 heterocycles. The third-order valence-electron chi connectivity index (χ3n) is 2.03. The lowest BCUT2D eigenvalue weighted by Gasteiger charge is -2.03. The first kappa shape index (κ1) is 11.6. The molecule has 17 heavy (non-hydrogen) atoms. The van der Waals surface area contributed by atoms with Crippen molar-refractivity contribution in [1.82, 2.24) is 14.8 Å². The number of rotatable bonds is 2. The highest BCUT2D eigenvalue weighted by molar-refractivity contribution is 9.10. The fourth-order valence-corrected chi connectivity index (χ4v) is 1.72. The summed E-state index contributed by atoms with van der Waals surface area (Å²) in [6.07, 6.45) is 4.75. The molecule has 88 valence electrons. The lowest BCUT2D eigenvalue weighted by Crippen LogP contribution is -2.14. The van der Waals surface area contributed by atoms with Gasteiger partial charge < -0.3 is 11.1 Å². The Hall–Kier alpha value is -1.89. The zero-order valence-electron chi connectivity index (χ0n) is 9.01. The number of hydrogen-bond donors (Lipinski definition) is 2. The van der Waals surface area contributed by atoms with Gasteiger partial charge in [-0.15, -0.1) is 0 Å². The van der Waals surface area contributed by atoms with Crippen molar-refractivity contribution in [3.05, 3.63) is 34.8 Å². The lowest BCUT2D eigenvalue weighted by molar-refractivity contribution is 0.102. The van der Waals surface area contributed by atoms with E-state index < -0.39 is 0 Å². The van der Waals surface area contributed by atoms with Crippen LogP contribution in [-0.4, -0.2) is 20.7 Å². The molecule has 0 unspecified atom stereocenters. The minimum Gasteiger partial charge on any atom is -0.396 e. The molecule has 0 aromatic carbocycles. The van der Waals surface area contributed by atoms with E-state index in [1.165, 1.54) is 4.68 Å². The van der Waals surface area contributed by atoms with Crippen LogP contribution in [0.5, 0.6) is 0 Å². The monoisotopic (exact) mass is 295 g/mol. The van der Waals surface area contributed by atoms with Gasteiger partial charge in [0.1, 0.15) is 0 Å². The van der Waals surface area contributed by atoms with Gasteiger partial charge in [-0.2, -0.15) is 5.10 Å². The Bertz CT molecular complexity index is 566. The fraction of sp³-hybridized carbons (Fsp3) is 0.100. The summed E-state index contributed by atoms with van der Waals surface area (Å²) in [6, 6.07) is 1.74. The van der Waals surface area contributed by atoms with Gasteiger partial charge in [0.25, 0.3) is 5.91 Å². The molecule has 2 aromatic heterocycles. The summed E-state index contributed by atoms with van der Waals surface area (Å²) in [7, 11) is 1.70. The molecule has 2 rings (SSSR count). The number of pyridine rings is 1. The summed E-state index contributed by atoms with van der Waals surface area (Å²) in [4.78, 5) is 15.8. The number of nitrogens with zero attached hydrogens (tertiary/aromatic N) is 3. The van der Waals surface area contributed by atoms with Crippen molar-refractivity contribution in [3.63, 3.8) is 0 Å². The van der Waals surface area contributed by atoms with Crippen molar-refractivity contribution in [2.75, 3.05) is 11.1 Å². The van der Waals surface area contributed by atoms with Gasteiger partial charge in [-0.3, -0.25) is 14.5 Å². The number of aryl methyl sites for hydroxylation is 1. The summed E-state index contributed by atoms with van der Waals surface area (Å²) in [6.45, 7) is 0. The van der Waals surface area contributed by atoms with Crippen molar-refractivity contribution >= 4 is 33.2 Å². The van der Waals surface area contributed by atoms with E-state index in [0.29, 0.717) is 11.4 Å². The standard InChI is InChI=1S/C10H10BrN5O/c1-16-5-8(12)9(15-16)10(17)14-7-2-6(11)3-13-4-7/h2-5H,12H2,1H3,(H,14,17). The molecule has 2 aromatic rings. The Kier molecular flexibility index (Phi) is 3.10. The average molecular weight is 296 g/mol. The van der Waals surface area contributed by atoms with Crippen LogP contribution in [0.3, 0.4) is 0 Å². The molecule has 7 heteroatoms. The first-order chi connectivity index (χ1) is 8.06. The van der Waals surface area contributed by atoms with Crippen molar-refractivity contribution in [3.8, 4) is 0 Å². The van der Waals surface area contributed by atoms with Crippen molar-refractivity contribution < 1.29 is 4.79 Å². The second-order valence-corrected chi connectivity index (χ2v) is 4.37. The molecular formula is C10H10BrN5O. The molecule has 0 aliphatic carbocycles. The summed E-state index contributed by atoms with van der Waals surface area (Å²) in [5.41, 5.74) is 6.78.